The van der Waals surface area contributed by atoms with Crippen molar-refractivity contribution in [1.29, 1.82) is 0 Å². The van der Waals surface area contributed by atoms with Crippen LogP contribution < -0.4 is 0 Å². The summed E-state index contributed by atoms with van der Waals surface area (Å²) in [5.41, 5.74) is 3.61. The number of hydrogen-bond acceptors (Lipinski definition) is 4. The van der Waals surface area contributed by atoms with Gasteiger partial charge in [-0.2, -0.15) is 0 Å². The van der Waals surface area contributed by atoms with Crippen molar-refractivity contribution in [2.75, 3.05) is 19.8 Å². The molecular formula is C27H32O4. The van der Waals surface area contributed by atoms with Gasteiger partial charge in [0.05, 0.1) is 24.2 Å². The largest absolute Gasteiger partial charge is 0.498 e. The third-order valence-electron chi connectivity index (χ3n) is 7.59. The fourth-order valence-corrected chi connectivity index (χ4v) is 6.53. The van der Waals surface area contributed by atoms with Gasteiger partial charge in [-0.15, -0.1) is 0 Å². The predicted octanol–water partition coefficient (Wildman–Crippen LogP) is 5.76. The zero-order chi connectivity index (χ0) is 21.5. The predicted molar refractivity (Wildman–Crippen MR) is 120 cm³/mol. The SMILES string of the molecule is CCOCC1=C(C2=CCCC2)[C@]23CCC[C@H]2C(OCC)=C[C@]13OC(=O)c1ccccc1. The van der Waals surface area contributed by atoms with Gasteiger partial charge in [-0.25, -0.2) is 4.79 Å². The second-order valence-electron chi connectivity index (χ2n) is 9.00. The van der Waals surface area contributed by atoms with Crippen molar-refractivity contribution in [3.63, 3.8) is 0 Å². The molecule has 1 fully saturated rings. The van der Waals surface area contributed by atoms with E-state index < -0.39 is 5.60 Å². The second-order valence-corrected chi connectivity index (χ2v) is 9.00. The Morgan fingerprint density at radius 3 is 2.68 bits per heavy atom. The number of allylic oxidation sites excluding steroid dienone is 3. The van der Waals surface area contributed by atoms with E-state index in [-0.39, 0.29) is 17.3 Å². The van der Waals surface area contributed by atoms with Crippen LogP contribution in [0.4, 0.5) is 0 Å². The first-order valence-electron chi connectivity index (χ1n) is 11.8. The summed E-state index contributed by atoms with van der Waals surface area (Å²) in [5.74, 6) is 1.01. The number of ether oxygens (including phenoxy) is 3. The lowest BCUT2D eigenvalue weighted by Gasteiger charge is -2.57. The van der Waals surface area contributed by atoms with Crippen molar-refractivity contribution in [2.24, 2.45) is 11.3 Å². The molecule has 4 aliphatic rings. The molecule has 0 N–H and O–H groups in total. The van der Waals surface area contributed by atoms with Crippen molar-refractivity contribution in [3.8, 4) is 0 Å². The van der Waals surface area contributed by atoms with Crippen molar-refractivity contribution >= 4 is 5.97 Å². The molecule has 4 aliphatic carbocycles. The topological polar surface area (TPSA) is 44.8 Å². The summed E-state index contributed by atoms with van der Waals surface area (Å²) < 4.78 is 18.6. The molecule has 164 valence electrons. The van der Waals surface area contributed by atoms with Crippen LogP contribution in [-0.2, 0) is 14.2 Å². The van der Waals surface area contributed by atoms with Crippen LogP contribution in [0.1, 0.15) is 62.7 Å². The third-order valence-corrected chi connectivity index (χ3v) is 7.59. The van der Waals surface area contributed by atoms with Gasteiger partial charge in [-0.05, 0) is 69.2 Å². The molecule has 4 nitrogen and oxygen atoms in total. The molecule has 3 atom stereocenters. The van der Waals surface area contributed by atoms with E-state index in [1.54, 1.807) is 0 Å². The quantitative estimate of drug-likeness (QED) is 0.502. The van der Waals surface area contributed by atoms with Gasteiger partial charge in [0.25, 0.3) is 0 Å². The molecule has 0 radical (unpaired) electrons. The smallest absolute Gasteiger partial charge is 0.339 e. The number of carbonyl (C=O) groups is 1. The van der Waals surface area contributed by atoms with E-state index in [9.17, 15) is 4.79 Å². The van der Waals surface area contributed by atoms with Gasteiger partial charge < -0.3 is 14.2 Å². The molecule has 1 aromatic carbocycles. The zero-order valence-electron chi connectivity index (χ0n) is 18.6. The van der Waals surface area contributed by atoms with E-state index in [1.807, 2.05) is 44.2 Å². The first-order chi connectivity index (χ1) is 15.2. The Morgan fingerprint density at radius 2 is 1.97 bits per heavy atom. The molecule has 1 aromatic rings. The number of benzene rings is 1. The van der Waals surface area contributed by atoms with Gasteiger partial charge in [0.2, 0.25) is 0 Å². The Kier molecular flexibility index (Phi) is 5.29. The van der Waals surface area contributed by atoms with Gasteiger partial charge in [0, 0.05) is 24.2 Å². The Morgan fingerprint density at radius 1 is 1.13 bits per heavy atom. The van der Waals surface area contributed by atoms with E-state index in [0.29, 0.717) is 25.4 Å². The highest BCUT2D eigenvalue weighted by Crippen LogP contribution is 2.74. The van der Waals surface area contributed by atoms with Crippen LogP contribution in [0.15, 0.2) is 65.0 Å². The molecule has 0 amide bonds. The van der Waals surface area contributed by atoms with Crippen molar-refractivity contribution < 1.29 is 19.0 Å². The summed E-state index contributed by atoms with van der Waals surface area (Å²) in [6, 6.07) is 9.33. The lowest BCUT2D eigenvalue weighted by atomic mass is 9.50. The third kappa shape index (κ3) is 2.87. The molecule has 1 saturated carbocycles. The molecule has 0 aromatic heterocycles. The van der Waals surface area contributed by atoms with Crippen molar-refractivity contribution in [1.82, 2.24) is 0 Å². The summed E-state index contributed by atoms with van der Waals surface area (Å²) in [7, 11) is 0. The van der Waals surface area contributed by atoms with E-state index in [1.165, 1.54) is 17.6 Å². The monoisotopic (exact) mass is 420 g/mol. The standard InChI is InChI=1S/C27H32O4/c1-3-29-18-22-24(19-11-8-9-12-19)26-16-10-15-21(26)23(30-4-2)17-27(22,26)31-25(28)20-13-6-5-7-14-20/h5-7,11,13-14,17,21H,3-4,8-10,12,15-16,18H2,1-2H3/t21-,26-,27-/m0/s1. The summed E-state index contributed by atoms with van der Waals surface area (Å²) in [5, 5.41) is 0. The first kappa shape index (κ1) is 20.6. The molecule has 31 heavy (non-hydrogen) atoms. The highest BCUT2D eigenvalue weighted by molar-refractivity contribution is 5.90. The summed E-state index contributed by atoms with van der Waals surface area (Å²) in [6.07, 6.45) is 11.2. The maximum atomic E-state index is 13.3. The molecule has 0 heterocycles. The minimum Gasteiger partial charge on any atom is -0.498 e. The van der Waals surface area contributed by atoms with Crippen molar-refractivity contribution in [3.05, 3.63) is 70.5 Å². The van der Waals surface area contributed by atoms with Gasteiger partial charge in [0.15, 0.2) is 5.60 Å². The lowest BCUT2D eigenvalue weighted by Crippen LogP contribution is -2.61. The number of esters is 1. The fourth-order valence-electron chi connectivity index (χ4n) is 6.53. The van der Waals surface area contributed by atoms with E-state index in [2.05, 4.69) is 12.2 Å². The zero-order valence-corrected chi connectivity index (χ0v) is 18.6. The molecule has 4 heteroatoms. The average Bonchev–Trinajstić information content (AvgIpc) is 3.50. The van der Waals surface area contributed by atoms with Crippen LogP contribution in [0, 0.1) is 11.3 Å². The van der Waals surface area contributed by atoms with Crippen LogP contribution in [0.3, 0.4) is 0 Å². The van der Waals surface area contributed by atoms with Gasteiger partial charge in [-0.3, -0.25) is 0 Å². The van der Waals surface area contributed by atoms with E-state index in [4.69, 9.17) is 14.2 Å². The summed E-state index contributed by atoms with van der Waals surface area (Å²) in [6.45, 7) is 5.80. The molecule has 0 aliphatic heterocycles. The van der Waals surface area contributed by atoms with Crippen LogP contribution in [0.25, 0.3) is 0 Å². The minimum atomic E-state index is -0.764. The first-order valence-corrected chi connectivity index (χ1v) is 11.8. The molecule has 0 unspecified atom stereocenters. The Labute approximate surface area is 185 Å². The lowest BCUT2D eigenvalue weighted by molar-refractivity contribution is -0.0640. The van der Waals surface area contributed by atoms with Crippen molar-refractivity contribution in [2.45, 2.75) is 58.0 Å². The van der Waals surface area contributed by atoms with Crippen LogP contribution in [-0.4, -0.2) is 31.4 Å². The number of carbonyl (C=O) groups excluding carboxylic acids is 1. The van der Waals surface area contributed by atoms with E-state index in [0.717, 1.165) is 43.4 Å². The maximum absolute atomic E-state index is 13.3. The minimum absolute atomic E-state index is 0.204. The normalized spacial score (nSPS) is 31.0. The Hall–Kier alpha value is -2.33. The number of rotatable bonds is 8. The van der Waals surface area contributed by atoms with Crippen LogP contribution in [0.2, 0.25) is 0 Å². The summed E-state index contributed by atoms with van der Waals surface area (Å²) in [4.78, 5) is 13.3. The Bertz CT molecular complexity index is 957. The average molecular weight is 421 g/mol. The fraction of sp³-hybridized carbons (Fsp3) is 0.519. The number of hydrogen-bond donors (Lipinski definition) is 0. The molecule has 0 bridgehead atoms. The van der Waals surface area contributed by atoms with Gasteiger partial charge >= 0.3 is 5.97 Å². The van der Waals surface area contributed by atoms with Gasteiger partial charge in [0.1, 0.15) is 5.76 Å². The Balaban J connectivity index is 1.64. The maximum Gasteiger partial charge on any atom is 0.339 e. The highest BCUT2D eigenvalue weighted by atomic mass is 16.6. The van der Waals surface area contributed by atoms with Crippen LogP contribution >= 0.6 is 0 Å². The summed E-state index contributed by atoms with van der Waals surface area (Å²) >= 11 is 0. The van der Waals surface area contributed by atoms with Gasteiger partial charge in [-0.1, -0.05) is 30.7 Å². The van der Waals surface area contributed by atoms with E-state index >= 15 is 0 Å². The molecule has 5 rings (SSSR count). The van der Waals surface area contributed by atoms with Crippen LogP contribution in [0.5, 0.6) is 0 Å². The molecular weight excluding hydrogens is 388 g/mol. The molecule has 1 spiro atoms. The molecule has 0 saturated heterocycles. The second kappa shape index (κ2) is 7.98. The highest BCUT2D eigenvalue weighted by Gasteiger charge is 2.75.